The number of benzene rings is 3. The molecule has 0 aliphatic carbocycles. The number of hydrogen-bond acceptors (Lipinski definition) is 5. The van der Waals surface area contributed by atoms with E-state index in [1.54, 1.807) is 18.3 Å². The third kappa shape index (κ3) is 5.32. The topological polar surface area (TPSA) is 91.8 Å². The zero-order chi connectivity index (χ0) is 23.0. The normalized spacial score (nSPS) is 10.5. The number of nitriles is 1. The first kappa shape index (κ1) is 21.9. The van der Waals surface area contributed by atoms with Crippen molar-refractivity contribution in [2.75, 3.05) is 12.3 Å². The summed E-state index contributed by atoms with van der Waals surface area (Å²) in [5, 5.41) is 12.6. The second-order valence-electron chi connectivity index (χ2n) is 7.73. The fraction of sp³-hybridized carbons (Fsp3) is 0.107. The number of ketones is 1. The van der Waals surface area contributed by atoms with E-state index < -0.39 is 0 Å². The fourth-order valence-electron chi connectivity index (χ4n) is 3.69. The molecule has 33 heavy (non-hydrogen) atoms. The zero-order valence-corrected chi connectivity index (χ0v) is 18.2. The molecule has 3 aromatic carbocycles. The summed E-state index contributed by atoms with van der Waals surface area (Å²) in [4.78, 5) is 16.9. The number of pyridine rings is 1. The van der Waals surface area contributed by atoms with Crippen molar-refractivity contribution in [1.82, 2.24) is 10.3 Å². The molecule has 4 rings (SSSR count). The highest BCUT2D eigenvalue weighted by molar-refractivity contribution is 6.00. The largest absolute Gasteiger partial charge is 0.398 e. The van der Waals surface area contributed by atoms with E-state index in [0.717, 1.165) is 27.9 Å². The summed E-state index contributed by atoms with van der Waals surface area (Å²) in [6.07, 6.45) is 2.00. The SMILES string of the molecule is N#Cc1cnc(-c2ccc(CNCCC(=O)c3ccccc3N)cc2)c(-c2ccccc2)c1. The van der Waals surface area contributed by atoms with Gasteiger partial charge in [0.15, 0.2) is 5.78 Å². The van der Waals surface area contributed by atoms with Crippen molar-refractivity contribution in [1.29, 1.82) is 5.26 Å². The van der Waals surface area contributed by atoms with Crippen LogP contribution in [-0.4, -0.2) is 17.3 Å². The third-order valence-electron chi connectivity index (χ3n) is 5.45. The molecule has 1 aromatic heterocycles. The Bertz CT molecular complexity index is 1290. The second kappa shape index (κ2) is 10.4. The molecule has 0 saturated carbocycles. The van der Waals surface area contributed by atoms with Gasteiger partial charge in [-0.3, -0.25) is 9.78 Å². The quantitative estimate of drug-likeness (QED) is 0.226. The van der Waals surface area contributed by atoms with Crippen molar-refractivity contribution >= 4 is 11.5 Å². The fourth-order valence-corrected chi connectivity index (χ4v) is 3.69. The molecule has 3 N–H and O–H groups in total. The summed E-state index contributed by atoms with van der Waals surface area (Å²) >= 11 is 0. The first-order valence-electron chi connectivity index (χ1n) is 10.8. The zero-order valence-electron chi connectivity index (χ0n) is 18.2. The molecule has 4 aromatic rings. The van der Waals surface area contributed by atoms with Crippen molar-refractivity contribution in [2.45, 2.75) is 13.0 Å². The van der Waals surface area contributed by atoms with E-state index in [2.05, 4.69) is 16.4 Å². The first-order chi connectivity index (χ1) is 16.2. The molecule has 0 fully saturated rings. The maximum absolute atomic E-state index is 12.3. The molecular weight excluding hydrogens is 408 g/mol. The minimum absolute atomic E-state index is 0.0382. The second-order valence-corrected chi connectivity index (χ2v) is 7.73. The van der Waals surface area contributed by atoms with Gasteiger partial charge in [0.1, 0.15) is 6.07 Å². The molecule has 5 heteroatoms. The number of anilines is 1. The number of nitrogens with one attached hydrogen (secondary N) is 1. The molecule has 0 bridgehead atoms. The van der Waals surface area contributed by atoms with Gasteiger partial charge >= 0.3 is 0 Å². The predicted molar refractivity (Wildman–Crippen MR) is 131 cm³/mol. The summed E-state index contributed by atoms with van der Waals surface area (Å²) in [7, 11) is 0. The van der Waals surface area contributed by atoms with Crippen LogP contribution in [0.4, 0.5) is 5.69 Å². The summed E-state index contributed by atoms with van der Waals surface area (Å²) in [6, 6.07) is 29.3. The molecule has 0 unspecified atom stereocenters. The Hall–Kier alpha value is -4.27. The minimum atomic E-state index is 0.0382. The molecule has 0 radical (unpaired) electrons. The van der Waals surface area contributed by atoms with Crippen LogP contribution in [-0.2, 0) is 6.54 Å². The van der Waals surface area contributed by atoms with Gasteiger partial charge in [0.05, 0.1) is 11.3 Å². The van der Waals surface area contributed by atoms with E-state index in [0.29, 0.717) is 36.3 Å². The molecule has 0 aliphatic rings. The van der Waals surface area contributed by atoms with E-state index in [9.17, 15) is 10.1 Å². The van der Waals surface area contributed by atoms with E-state index in [1.807, 2.05) is 72.8 Å². The first-order valence-corrected chi connectivity index (χ1v) is 10.8. The number of rotatable bonds is 8. The molecule has 0 spiro atoms. The number of nitrogens with two attached hydrogens (primary N) is 1. The van der Waals surface area contributed by atoms with Gasteiger partial charge in [0.25, 0.3) is 0 Å². The van der Waals surface area contributed by atoms with Gasteiger partial charge in [0, 0.05) is 48.1 Å². The summed E-state index contributed by atoms with van der Waals surface area (Å²) in [5.41, 5.74) is 12.4. The highest BCUT2D eigenvalue weighted by atomic mass is 16.1. The lowest BCUT2D eigenvalue weighted by Gasteiger charge is -2.11. The van der Waals surface area contributed by atoms with Gasteiger partial charge in [0.2, 0.25) is 0 Å². The van der Waals surface area contributed by atoms with Gasteiger partial charge in [-0.25, -0.2) is 0 Å². The van der Waals surface area contributed by atoms with E-state index in [1.165, 1.54) is 0 Å². The summed E-state index contributed by atoms with van der Waals surface area (Å²) < 4.78 is 0. The molecule has 0 aliphatic heterocycles. The van der Waals surface area contributed by atoms with Crippen molar-refractivity contribution in [3.8, 4) is 28.5 Å². The Balaban J connectivity index is 1.41. The maximum atomic E-state index is 12.3. The van der Waals surface area contributed by atoms with Crippen LogP contribution in [0.3, 0.4) is 0 Å². The maximum Gasteiger partial charge on any atom is 0.166 e. The Morgan fingerprint density at radius 3 is 2.39 bits per heavy atom. The van der Waals surface area contributed by atoms with Crippen LogP contribution in [0.5, 0.6) is 0 Å². The van der Waals surface area contributed by atoms with Crippen LogP contribution >= 0.6 is 0 Å². The van der Waals surface area contributed by atoms with Gasteiger partial charge in [-0.2, -0.15) is 5.26 Å². The average Bonchev–Trinajstić information content (AvgIpc) is 2.87. The number of Topliss-reactive ketones (excluding diaryl/α,β-unsaturated/α-hetero) is 1. The number of hydrogen-bond donors (Lipinski definition) is 2. The monoisotopic (exact) mass is 432 g/mol. The van der Waals surface area contributed by atoms with Crippen molar-refractivity contribution in [3.63, 3.8) is 0 Å². The number of aromatic nitrogens is 1. The molecule has 0 saturated heterocycles. The van der Waals surface area contributed by atoms with Crippen LogP contribution in [0.25, 0.3) is 22.4 Å². The minimum Gasteiger partial charge on any atom is -0.398 e. The summed E-state index contributed by atoms with van der Waals surface area (Å²) in [6.45, 7) is 1.23. The van der Waals surface area contributed by atoms with Gasteiger partial charge in [-0.1, -0.05) is 66.7 Å². The average molecular weight is 433 g/mol. The van der Waals surface area contributed by atoms with Crippen molar-refractivity contribution in [3.05, 3.63) is 108 Å². The molecular formula is C28H24N4O. The van der Waals surface area contributed by atoms with E-state index >= 15 is 0 Å². The lowest BCUT2D eigenvalue weighted by Crippen LogP contribution is -2.18. The Morgan fingerprint density at radius 2 is 1.67 bits per heavy atom. The smallest absolute Gasteiger partial charge is 0.166 e. The van der Waals surface area contributed by atoms with E-state index in [4.69, 9.17) is 5.73 Å². The molecule has 0 amide bonds. The Labute approximate surface area is 193 Å². The van der Waals surface area contributed by atoms with Gasteiger partial charge in [-0.05, 0) is 29.3 Å². The molecule has 0 atom stereocenters. The van der Waals surface area contributed by atoms with Crippen LogP contribution in [0.1, 0.15) is 27.9 Å². The van der Waals surface area contributed by atoms with Crippen molar-refractivity contribution in [2.24, 2.45) is 0 Å². The van der Waals surface area contributed by atoms with Crippen LogP contribution in [0.15, 0.2) is 91.1 Å². The molecule has 5 nitrogen and oxygen atoms in total. The lowest BCUT2D eigenvalue weighted by molar-refractivity contribution is 0.0983. The van der Waals surface area contributed by atoms with Crippen molar-refractivity contribution < 1.29 is 4.79 Å². The predicted octanol–water partition coefficient (Wildman–Crippen LogP) is 5.23. The molecule has 162 valence electrons. The third-order valence-corrected chi connectivity index (χ3v) is 5.45. The van der Waals surface area contributed by atoms with Crippen LogP contribution in [0.2, 0.25) is 0 Å². The molecule has 1 heterocycles. The standard InChI is InChI=1S/C28H24N4O/c29-17-21-16-25(22-6-2-1-3-7-22)28(32-19-21)23-12-10-20(11-13-23)18-31-15-14-27(33)24-8-4-5-9-26(24)30/h1-13,16,19,31H,14-15,18,30H2. The van der Waals surface area contributed by atoms with Crippen LogP contribution < -0.4 is 11.1 Å². The van der Waals surface area contributed by atoms with Crippen LogP contribution in [0, 0.1) is 11.3 Å². The van der Waals surface area contributed by atoms with E-state index in [-0.39, 0.29) is 5.78 Å². The number of nitrogens with zero attached hydrogens (tertiary/aromatic N) is 2. The highest BCUT2D eigenvalue weighted by Crippen LogP contribution is 2.31. The summed E-state index contributed by atoms with van der Waals surface area (Å²) in [5.74, 6) is 0.0382. The Morgan fingerprint density at radius 1 is 0.939 bits per heavy atom. The lowest BCUT2D eigenvalue weighted by atomic mass is 9.97. The number of nitrogen functional groups attached to an aromatic ring is 1. The van der Waals surface area contributed by atoms with Gasteiger partial charge < -0.3 is 11.1 Å². The highest BCUT2D eigenvalue weighted by Gasteiger charge is 2.11. The number of carbonyl (C=O) groups excluding carboxylic acids is 1. The van der Waals surface area contributed by atoms with Gasteiger partial charge in [-0.15, -0.1) is 0 Å². The number of para-hydroxylation sites is 1. The number of carbonyl (C=O) groups is 1. The Kier molecular flexibility index (Phi) is 6.89.